The maximum absolute atomic E-state index is 12.2. The van der Waals surface area contributed by atoms with Gasteiger partial charge in [-0.15, -0.1) is 0 Å². The number of carbonyl (C=O) groups excluding carboxylic acids is 2. The molecule has 0 saturated carbocycles. The molecule has 2 aliphatic heterocycles. The van der Waals surface area contributed by atoms with Gasteiger partial charge >= 0.3 is 12.2 Å². The van der Waals surface area contributed by atoms with Gasteiger partial charge < -0.3 is 30.2 Å². The first-order valence-corrected chi connectivity index (χ1v) is 8.10. The molecule has 1 unspecified atom stereocenters. The number of hydrogen-bond donors (Lipinski definition) is 2. The molecule has 0 aliphatic carbocycles. The third-order valence-corrected chi connectivity index (χ3v) is 4.37. The van der Waals surface area contributed by atoms with E-state index in [1.54, 1.807) is 25.7 Å². The van der Waals surface area contributed by atoms with Gasteiger partial charge in [-0.3, -0.25) is 0 Å². The first-order chi connectivity index (χ1) is 11.6. The molecule has 2 saturated heterocycles. The normalized spacial score (nSPS) is 22.5. The van der Waals surface area contributed by atoms with Crippen LogP contribution in [0.15, 0.2) is 17.8 Å². The Kier molecular flexibility index (Phi) is 5.15. The van der Waals surface area contributed by atoms with Crippen molar-refractivity contribution < 1.29 is 24.3 Å². The van der Waals surface area contributed by atoms with Crippen LogP contribution in [0.2, 0.25) is 0 Å². The molecular weight excluding hydrogens is 328 g/mol. The molecule has 0 radical (unpaired) electrons. The number of carbonyl (C=O) groups is 2. The summed E-state index contributed by atoms with van der Waals surface area (Å²) in [6.07, 6.45) is 0.588. The minimum absolute atomic E-state index is 0.0443. The molecule has 2 amide bonds. The lowest BCUT2D eigenvalue weighted by atomic mass is 9.71. The van der Waals surface area contributed by atoms with Crippen LogP contribution >= 0.6 is 0 Å². The van der Waals surface area contributed by atoms with E-state index in [2.05, 4.69) is 11.7 Å². The highest BCUT2D eigenvalue weighted by Gasteiger charge is 2.58. The van der Waals surface area contributed by atoms with Crippen molar-refractivity contribution in [1.82, 2.24) is 9.80 Å². The fourth-order valence-electron chi connectivity index (χ4n) is 3.30. The predicted octanol–water partition coefficient (Wildman–Crippen LogP) is 1.22. The number of hydrogen-bond acceptors (Lipinski definition) is 6. The van der Waals surface area contributed by atoms with E-state index in [4.69, 9.17) is 20.4 Å². The van der Waals surface area contributed by atoms with Gasteiger partial charge in [-0.05, 0) is 20.8 Å². The zero-order valence-electron chi connectivity index (χ0n) is 14.9. The second kappa shape index (κ2) is 6.81. The molecule has 140 valence electrons. The number of oxime groups is 1. The highest BCUT2D eigenvalue weighted by molar-refractivity contribution is 5.85. The van der Waals surface area contributed by atoms with E-state index < -0.39 is 23.2 Å². The van der Waals surface area contributed by atoms with Crippen LogP contribution in [0.5, 0.6) is 0 Å². The molecule has 0 aromatic rings. The van der Waals surface area contributed by atoms with Crippen LogP contribution in [-0.2, 0) is 9.47 Å². The van der Waals surface area contributed by atoms with Gasteiger partial charge in [0.15, 0.2) is 0 Å². The van der Waals surface area contributed by atoms with Gasteiger partial charge in [-0.2, -0.15) is 0 Å². The first kappa shape index (κ1) is 18.9. The summed E-state index contributed by atoms with van der Waals surface area (Å²) in [5.74, 6) is -0.310. The Bertz CT molecular complexity index is 578. The van der Waals surface area contributed by atoms with Crippen molar-refractivity contribution >= 4 is 18.0 Å². The van der Waals surface area contributed by atoms with Gasteiger partial charge in [0.2, 0.25) is 0 Å². The van der Waals surface area contributed by atoms with Crippen LogP contribution in [0.3, 0.4) is 0 Å². The maximum Gasteiger partial charge on any atom is 0.410 e. The molecule has 3 N–H and O–H groups in total. The number of ether oxygens (including phenoxy) is 2. The Morgan fingerprint density at radius 1 is 1.32 bits per heavy atom. The SMILES string of the molecule is C=CCOC(=O)N1CC(/C(N)=N/O)C2(C1)CN(C(=O)OC(C)(C)C)C2. The average molecular weight is 354 g/mol. The molecule has 2 fully saturated rings. The van der Waals surface area contributed by atoms with E-state index in [-0.39, 0.29) is 24.9 Å². The molecule has 2 aliphatic rings. The molecule has 2 heterocycles. The zero-order chi connectivity index (χ0) is 18.8. The first-order valence-electron chi connectivity index (χ1n) is 8.10. The summed E-state index contributed by atoms with van der Waals surface area (Å²) < 4.78 is 10.4. The molecule has 25 heavy (non-hydrogen) atoms. The Hall–Kier alpha value is -2.45. The smallest absolute Gasteiger partial charge is 0.410 e. The summed E-state index contributed by atoms with van der Waals surface area (Å²) in [4.78, 5) is 27.3. The van der Waals surface area contributed by atoms with Gasteiger partial charge in [-0.25, -0.2) is 9.59 Å². The van der Waals surface area contributed by atoms with Crippen molar-refractivity contribution in [2.45, 2.75) is 26.4 Å². The Morgan fingerprint density at radius 3 is 2.44 bits per heavy atom. The van der Waals surface area contributed by atoms with Crippen molar-refractivity contribution in [2.24, 2.45) is 22.2 Å². The van der Waals surface area contributed by atoms with Crippen molar-refractivity contribution in [1.29, 1.82) is 0 Å². The summed E-state index contributed by atoms with van der Waals surface area (Å²) in [5.41, 5.74) is 4.78. The summed E-state index contributed by atoms with van der Waals surface area (Å²) in [6, 6.07) is 0. The summed E-state index contributed by atoms with van der Waals surface area (Å²) in [5, 5.41) is 12.1. The van der Waals surface area contributed by atoms with Gasteiger partial charge in [-0.1, -0.05) is 17.8 Å². The molecule has 0 aromatic heterocycles. The second-order valence-electron chi connectivity index (χ2n) is 7.52. The van der Waals surface area contributed by atoms with E-state index in [1.807, 2.05) is 0 Å². The monoisotopic (exact) mass is 354 g/mol. The second-order valence-corrected chi connectivity index (χ2v) is 7.52. The molecule has 0 aromatic carbocycles. The Balaban J connectivity index is 2.06. The lowest BCUT2D eigenvalue weighted by molar-refractivity contribution is -0.0372. The van der Waals surface area contributed by atoms with Gasteiger partial charge in [0.25, 0.3) is 0 Å². The van der Waals surface area contributed by atoms with Gasteiger partial charge in [0, 0.05) is 37.5 Å². The third kappa shape index (κ3) is 3.97. The lowest BCUT2D eigenvalue weighted by Gasteiger charge is -2.50. The zero-order valence-corrected chi connectivity index (χ0v) is 14.9. The molecule has 9 heteroatoms. The van der Waals surface area contributed by atoms with Gasteiger partial charge in [0.1, 0.15) is 18.0 Å². The van der Waals surface area contributed by atoms with E-state index in [0.29, 0.717) is 19.6 Å². The number of rotatable bonds is 3. The largest absolute Gasteiger partial charge is 0.445 e. The van der Waals surface area contributed by atoms with Crippen LogP contribution in [0.25, 0.3) is 0 Å². The maximum atomic E-state index is 12.2. The van der Waals surface area contributed by atoms with E-state index in [9.17, 15) is 9.59 Å². The fourth-order valence-corrected chi connectivity index (χ4v) is 3.30. The minimum Gasteiger partial charge on any atom is -0.445 e. The number of nitrogens with zero attached hydrogens (tertiary/aromatic N) is 3. The van der Waals surface area contributed by atoms with Crippen molar-refractivity contribution in [3.8, 4) is 0 Å². The molecular formula is C16H26N4O5. The number of nitrogens with two attached hydrogens (primary N) is 1. The van der Waals surface area contributed by atoms with Crippen LogP contribution < -0.4 is 5.73 Å². The Labute approximate surface area is 147 Å². The summed E-state index contributed by atoms with van der Waals surface area (Å²) in [7, 11) is 0. The quantitative estimate of drug-likeness (QED) is 0.259. The molecule has 0 bridgehead atoms. The third-order valence-electron chi connectivity index (χ3n) is 4.37. The van der Waals surface area contributed by atoms with Crippen molar-refractivity contribution in [3.05, 3.63) is 12.7 Å². The molecule has 1 atom stereocenters. The van der Waals surface area contributed by atoms with E-state index >= 15 is 0 Å². The van der Waals surface area contributed by atoms with Crippen LogP contribution in [0, 0.1) is 11.3 Å². The van der Waals surface area contributed by atoms with Crippen LogP contribution in [0.1, 0.15) is 20.8 Å². The average Bonchev–Trinajstić information content (AvgIpc) is 2.89. The number of amidine groups is 1. The van der Waals surface area contributed by atoms with Crippen molar-refractivity contribution in [2.75, 3.05) is 32.8 Å². The molecule has 1 spiro atoms. The fraction of sp³-hybridized carbons (Fsp3) is 0.688. The van der Waals surface area contributed by atoms with Crippen LogP contribution in [-0.4, -0.2) is 71.4 Å². The highest BCUT2D eigenvalue weighted by Crippen LogP contribution is 2.44. The van der Waals surface area contributed by atoms with E-state index in [1.165, 1.54) is 11.0 Å². The van der Waals surface area contributed by atoms with Gasteiger partial charge in [0.05, 0.1) is 0 Å². The lowest BCUT2D eigenvalue weighted by Crippen LogP contribution is -2.64. The summed E-state index contributed by atoms with van der Waals surface area (Å²) >= 11 is 0. The highest BCUT2D eigenvalue weighted by atomic mass is 16.6. The van der Waals surface area contributed by atoms with Crippen LogP contribution in [0.4, 0.5) is 9.59 Å². The number of amides is 2. The Morgan fingerprint density at radius 2 is 1.92 bits per heavy atom. The minimum atomic E-state index is -0.582. The van der Waals surface area contributed by atoms with E-state index in [0.717, 1.165) is 0 Å². The molecule has 9 nitrogen and oxygen atoms in total. The standard InChI is InChI=1S/C16H26N4O5/c1-5-6-24-13(21)19-7-11(12(17)18-23)16(8-19)9-20(10-16)14(22)25-15(2,3)4/h5,11,23H,1,6-10H2,2-4H3,(H2,17,18). The molecule has 2 rings (SSSR count). The van der Waals surface area contributed by atoms with Crippen molar-refractivity contribution in [3.63, 3.8) is 0 Å². The number of likely N-dealkylation sites (tertiary alicyclic amines) is 2. The predicted molar refractivity (Wildman–Crippen MR) is 90.3 cm³/mol. The topological polar surface area (TPSA) is 118 Å². The summed E-state index contributed by atoms with van der Waals surface area (Å²) in [6.45, 7) is 10.4.